The van der Waals surface area contributed by atoms with Gasteiger partial charge < -0.3 is 4.90 Å². The third-order valence-electron chi connectivity index (χ3n) is 5.49. The lowest BCUT2D eigenvalue weighted by atomic mass is 10.0. The topological polar surface area (TPSA) is 52.7 Å². The normalized spacial score (nSPS) is 18.7. The van der Waals surface area contributed by atoms with Crippen LogP contribution in [0, 0.1) is 13.8 Å². The molecule has 0 atom stereocenters. The van der Waals surface area contributed by atoms with E-state index in [1.807, 2.05) is 44.2 Å². The molecule has 154 valence electrons. The van der Waals surface area contributed by atoms with Gasteiger partial charge in [-0.1, -0.05) is 18.2 Å². The lowest BCUT2D eigenvalue weighted by Crippen LogP contribution is -2.54. The molecule has 0 saturated carbocycles. The second-order valence-electron chi connectivity index (χ2n) is 7.94. The van der Waals surface area contributed by atoms with Crippen LogP contribution in [-0.2, 0) is 9.59 Å². The minimum Gasteiger partial charge on any atom is -0.372 e. The van der Waals surface area contributed by atoms with Crippen LogP contribution < -0.4 is 15.1 Å². The Morgan fingerprint density at radius 3 is 2.17 bits per heavy atom. The van der Waals surface area contributed by atoms with Crippen LogP contribution in [0.1, 0.15) is 36.0 Å². The molecule has 2 aliphatic rings. The molecule has 5 nitrogen and oxygen atoms in total. The van der Waals surface area contributed by atoms with E-state index >= 15 is 0 Å². The number of benzene rings is 2. The molecule has 2 amide bonds. The number of anilines is 2. The van der Waals surface area contributed by atoms with Crippen LogP contribution in [-0.4, -0.2) is 30.0 Å². The quantitative estimate of drug-likeness (QED) is 0.462. The number of hydrogen-bond acceptors (Lipinski definition) is 4. The number of carbonyl (C=O) groups excluding carboxylic acids is 2. The zero-order chi connectivity index (χ0) is 21.3. The molecule has 0 spiro atoms. The van der Waals surface area contributed by atoms with E-state index in [0.29, 0.717) is 5.69 Å². The smallest absolute Gasteiger partial charge is 0.270 e. The molecule has 0 aliphatic carbocycles. The summed E-state index contributed by atoms with van der Waals surface area (Å²) in [6.45, 7) is 6.08. The van der Waals surface area contributed by atoms with E-state index in [0.717, 1.165) is 29.8 Å². The predicted octanol–water partition coefficient (Wildman–Crippen LogP) is 4.13. The van der Waals surface area contributed by atoms with E-state index < -0.39 is 11.8 Å². The van der Waals surface area contributed by atoms with Crippen molar-refractivity contribution >= 4 is 46.6 Å². The molecule has 0 unspecified atom stereocenters. The first-order valence-corrected chi connectivity index (χ1v) is 10.7. The van der Waals surface area contributed by atoms with Crippen molar-refractivity contribution in [2.24, 2.45) is 0 Å². The third kappa shape index (κ3) is 4.14. The van der Waals surface area contributed by atoms with E-state index in [2.05, 4.69) is 22.3 Å². The van der Waals surface area contributed by atoms with Gasteiger partial charge >= 0.3 is 0 Å². The van der Waals surface area contributed by atoms with Crippen LogP contribution in [0.25, 0.3) is 6.08 Å². The maximum absolute atomic E-state index is 13.2. The van der Waals surface area contributed by atoms with Gasteiger partial charge in [0, 0.05) is 18.8 Å². The van der Waals surface area contributed by atoms with Crippen molar-refractivity contribution in [3.05, 3.63) is 64.7 Å². The molecule has 2 fully saturated rings. The molecule has 0 bridgehead atoms. The summed E-state index contributed by atoms with van der Waals surface area (Å²) < 4.78 is 0. The van der Waals surface area contributed by atoms with E-state index in [1.54, 1.807) is 6.08 Å². The predicted molar refractivity (Wildman–Crippen MR) is 125 cm³/mol. The van der Waals surface area contributed by atoms with Gasteiger partial charge in [-0.05, 0) is 92.4 Å². The molecule has 2 aromatic rings. The number of rotatable bonds is 3. The average molecular weight is 420 g/mol. The Kier molecular flexibility index (Phi) is 5.68. The number of amides is 2. The highest BCUT2D eigenvalue weighted by atomic mass is 32.1. The minimum atomic E-state index is -0.467. The SMILES string of the molecule is Cc1cc(C)cc(N2C(=O)/C(=C/c3ccc(N4CCCCC4)cc3)C(=O)NC2=S)c1. The highest BCUT2D eigenvalue weighted by Crippen LogP contribution is 2.25. The first-order valence-electron chi connectivity index (χ1n) is 10.3. The first-order chi connectivity index (χ1) is 14.4. The maximum atomic E-state index is 13.2. The van der Waals surface area contributed by atoms with E-state index in [4.69, 9.17) is 12.2 Å². The molecule has 4 rings (SSSR count). The highest BCUT2D eigenvalue weighted by Gasteiger charge is 2.34. The van der Waals surface area contributed by atoms with E-state index in [9.17, 15) is 9.59 Å². The van der Waals surface area contributed by atoms with Gasteiger partial charge in [0.05, 0.1) is 5.69 Å². The van der Waals surface area contributed by atoms with Crippen molar-refractivity contribution in [1.82, 2.24) is 5.32 Å². The monoisotopic (exact) mass is 419 g/mol. The van der Waals surface area contributed by atoms with Gasteiger partial charge in [0.1, 0.15) is 5.57 Å². The lowest BCUT2D eigenvalue weighted by Gasteiger charge is -2.29. The van der Waals surface area contributed by atoms with Crippen LogP contribution in [0.15, 0.2) is 48.0 Å². The number of piperidine rings is 1. The summed E-state index contributed by atoms with van der Waals surface area (Å²) >= 11 is 5.30. The first kappa shape index (κ1) is 20.3. The van der Waals surface area contributed by atoms with Gasteiger partial charge in [-0.2, -0.15) is 0 Å². The Hall–Kier alpha value is -2.99. The summed E-state index contributed by atoms with van der Waals surface area (Å²) in [6, 6.07) is 13.8. The molecule has 2 aromatic carbocycles. The summed E-state index contributed by atoms with van der Waals surface area (Å²) in [5, 5.41) is 2.76. The number of carbonyl (C=O) groups is 2. The van der Waals surface area contributed by atoms with Crippen LogP contribution in [0.3, 0.4) is 0 Å². The molecule has 2 saturated heterocycles. The third-order valence-corrected chi connectivity index (χ3v) is 5.78. The van der Waals surface area contributed by atoms with E-state index in [1.165, 1.54) is 29.8 Å². The van der Waals surface area contributed by atoms with Crippen molar-refractivity contribution < 1.29 is 9.59 Å². The molecule has 0 radical (unpaired) electrons. The van der Waals surface area contributed by atoms with Crippen molar-refractivity contribution in [3.63, 3.8) is 0 Å². The molecule has 2 heterocycles. The summed E-state index contributed by atoms with van der Waals surface area (Å²) in [6.07, 6.45) is 5.36. The Bertz CT molecular complexity index is 1020. The summed E-state index contributed by atoms with van der Waals surface area (Å²) in [5.74, 6) is -0.875. The van der Waals surface area contributed by atoms with Crippen molar-refractivity contribution in [2.45, 2.75) is 33.1 Å². The Balaban J connectivity index is 1.62. The highest BCUT2D eigenvalue weighted by molar-refractivity contribution is 7.80. The molecule has 2 aliphatic heterocycles. The standard InChI is InChI=1S/C24H25N3O2S/c1-16-12-17(2)14-20(13-16)27-23(29)21(22(28)25-24(27)30)15-18-6-8-19(9-7-18)26-10-4-3-5-11-26/h6-9,12-15H,3-5,10-11H2,1-2H3,(H,25,28,30)/b21-15+. The zero-order valence-corrected chi connectivity index (χ0v) is 18.1. The number of nitrogens with zero attached hydrogens (tertiary/aromatic N) is 2. The van der Waals surface area contributed by atoms with Gasteiger partial charge in [0.2, 0.25) is 0 Å². The van der Waals surface area contributed by atoms with Crippen molar-refractivity contribution in [1.29, 1.82) is 0 Å². The molecule has 6 heteroatoms. The fraction of sp³-hybridized carbons (Fsp3) is 0.292. The van der Waals surface area contributed by atoms with Gasteiger partial charge in [-0.25, -0.2) is 0 Å². The van der Waals surface area contributed by atoms with Crippen molar-refractivity contribution in [2.75, 3.05) is 22.9 Å². The molecular formula is C24H25N3O2S. The van der Waals surface area contributed by atoms with Crippen LogP contribution in [0.4, 0.5) is 11.4 Å². The largest absolute Gasteiger partial charge is 0.372 e. The summed E-state index contributed by atoms with van der Waals surface area (Å²) in [7, 11) is 0. The van der Waals surface area contributed by atoms with Gasteiger partial charge in [0.25, 0.3) is 11.8 Å². The van der Waals surface area contributed by atoms with Crippen LogP contribution in [0.5, 0.6) is 0 Å². The van der Waals surface area contributed by atoms with Crippen LogP contribution >= 0.6 is 12.2 Å². The second-order valence-corrected chi connectivity index (χ2v) is 8.33. The molecule has 1 N–H and O–H groups in total. The number of thiocarbonyl (C=S) groups is 1. The van der Waals surface area contributed by atoms with Gasteiger partial charge in [0.15, 0.2) is 5.11 Å². The number of nitrogens with one attached hydrogen (secondary N) is 1. The molecular weight excluding hydrogens is 394 g/mol. The zero-order valence-electron chi connectivity index (χ0n) is 17.3. The minimum absolute atomic E-state index is 0.0773. The second kappa shape index (κ2) is 8.40. The fourth-order valence-electron chi connectivity index (χ4n) is 4.07. The number of aryl methyl sites for hydroxylation is 2. The Morgan fingerprint density at radius 1 is 0.900 bits per heavy atom. The van der Waals surface area contributed by atoms with Gasteiger partial charge in [-0.15, -0.1) is 0 Å². The Morgan fingerprint density at radius 2 is 1.53 bits per heavy atom. The molecule has 30 heavy (non-hydrogen) atoms. The van der Waals surface area contributed by atoms with Crippen LogP contribution in [0.2, 0.25) is 0 Å². The molecule has 0 aromatic heterocycles. The van der Waals surface area contributed by atoms with E-state index in [-0.39, 0.29) is 10.7 Å². The fourth-order valence-corrected chi connectivity index (χ4v) is 4.35. The summed E-state index contributed by atoms with van der Waals surface area (Å²) in [5.41, 5.74) is 4.77. The lowest BCUT2D eigenvalue weighted by molar-refractivity contribution is -0.122. The Labute approximate surface area is 182 Å². The number of hydrogen-bond donors (Lipinski definition) is 1. The summed E-state index contributed by atoms with van der Waals surface area (Å²) in [4.78, 5) is 29.5. The van der Waals surface area contributed by atoms with Gasteiger partial charge in [-0.3, -0.25) is 19.8 Å². The van der Waals surface area contributed by atoms with Crippen molar-refractivity contribution in [3.8, 4) is 0 Å². The average Bonchev–Trinajstić information content (AvgIpc) is 2.71. The maximum Gasteiger partial charge on any atom is 0.270 e.